The van der Waals surface area contributed by atoms with Gasteiger partial charge in [0.2, 0.25) is 0 Å². The molecule has 1 atom stereocenters. The smallest absolute Gasteiger partial charge is 0.157 e. The first-order valence-electron chi connectivity index (χ1n) is 6.61. The monoisotopic (exact) mass is 248 g/mol. The molecule has 0 aliphatic carbocycles. The van der Waals surface area contributed by atoms with Crippen molar-refractivity contribution in [1.29, 1.82) is 0 Å². The van der Waals surface area contributed by atoms with Crippen LogP contribution in [-0.4, -0.2) is 41.3 Å². The van der Waals surface area contributed by atoms with E-state index in [9.17, 15) is 10.2 Å². The van der Waals surface area contributed by atoms with E-state index >= 15 is 0 Å². The van der Waals surface area contributed by atoms with Crippen molar-refractivity contribution >= 4 is 0 Å². The van der Waals surface area contributed by atoms with E-state index in [0.717, 1.165) is 38.3 Å². The second kappa shape index (κ2) is 4.44. The molecule has 2 aliphatic heterocycles. The molecule has 0 aromatic heterocycles. The Kier molecular flexibility index (Phi) is 2.92. The second-order valence-corrected chi connectivity index (χ2v) is 5.71. The van der Waals surface area contributed by atoms with Crippen LogP contribution in [0.15, 0.2) is 18.2 Å². The zero-order valence-corrected chi connectivity index (χ0v) is 10.5. The molecule has 1 aromatic carbocycles. The van der Waals surface area contributed by atoms with Gasteiger partial charge in [-0.2, -0.15) is 0 Å². The lowest BCUT2D eigenvalue weighted by Gasteiger charge is -2.22. The fourth-order valence-electron chi connectivity index (χ4n) is 3.23. The highest BCUT2D eigenvalue weighted by atomic mass is 16.3. The van der Waals surface area contributed by atoms with Gasteiger partial charge in [0.05, 0.1) is 0 Å². The lowest BCUT2D eigenvalue weighted by Crippen LogP contribution is -2.28. The Balaban J connectivity index is 1.65. The average molecular weight is 248 g/mol. The second-order valence-electron chi connectivity index (χ2n) is 5.71. The number of aromatic hydroxyl groups is 2. The average Bonchev–Trinajstić information content (AvgIpc) is 2.96. The summed E-state index contributed by atoms with van der Waals surface area (Å²) in [5, 5.41) is 22.3. The number of nitrogens with zero attached hydrogens (tertiary/aromatic N) is 1. The van der Waals surface area contributed by atoms with Gasteiger partial charge in [0, 0.05) is 19.6 Å². The molecule has 18 heavy (non-hydrogen) atoms. The Hall–Kier alpha value is -1.26. The Morgan fingerprint density at radius 1 is 1.22 bits per heavy atom. The van der Waals surface area contributed by atoms with E-state index in [4.69, 9.17) is 0 Å². The third kappa shape index (κ3) is 2.18. The number of likely N-dealkylation sites (tertiary alicyclic amines) is 1. The quantitative estimate of drug-likeness (QED) is 0.690. The SMILES string of the molecule is Oc1ccc(CN2CCC3(CCNC3)C2)cc1O. The first-order chi connectivity index (χ1) is 8.67. The number of phenols is 2. The lowest BCUT2D eigenvalue weighted by molar-refractivity contribution is 0.268. The topological polar surface area (TPSA) is 55.7 Å². The largest absolute Gasteiger partial charge is 0.504 e. The number of rotatable bonds is 2. The molecule has 0 saturated carbocycles. The van der Waals surface area contributed by atoms with Crippen LogP contribution in [0, 0.1) is 5.41 Å². The van der Waals surface area contributed by atoms with Gasteiger partial charge in [-0.05, 0) is 49.0 Å². The molecular formula is C14H20N2O2. The van der Waals surface area contributed by atoms with Crippen LogP contribution < -0.4 is 5.32 Å². The highest BCUT2D eigenvalue weighted by Crippen LogP contribution is 2.37. The Labute approximate surface area is 107 Å². The van der Waals surface area contributed by atoms with E-state index in [2.05, 4.69) is 10.2 Å². The first-order valence-corrected chi connectivity index (χ1v) is 6.61. The fourth-order valence-corrected chi connectivity index (χ4v) is 3.23. The number of nitrogens with one attached hydrogen (secondary N) is 1. The maximum Gasteiger partial charge on any atom is 0.157 e. The van der Waals surface area contributed by atoms with Crippen LogP contribution in [0.4, 0.5) is 0 Å². The summed E-state index contributed by atoms with van der Waals surface area (Å²) in [6.07, 6.45) is 2.55. The molecule has 1 spiro atoms. The zero-order valence-electron chi connectivity index (χ0n) is 10.5. The zero-order chi connectivity index (χ0) is 12.6. The first kappa shape index (κ1) is 11.8. The molecule has 2 fully saturated rings. The van der Waals surface area contributed by atoms with Crippen molar-refractivity contribution in [2.24, 2.45) is 5.41 Å². The molecule has 98 valence electrons. The molecule has 4 heteroatoms. The number of phenolic OH excluding ortho intramolecular Hbond substituents is 2. The summed E-state index contributed by atoms with van der Waals surface area (Å²) in [5.74, 6) is -0.0689. The van der Waals surface area contributed by atoms with Gasteiger partial charge in [-0.25, -0.2) is 0 Å². The van der Waals surface area contributed by atoms with Gasteiger partial charge in [0.15, 0.2) is 11.5 Å². The van der Waals surface area contributed by atoms with Crippen molar-refractivity contribution in [3.63, 3.8) is 0 Å². The number of hydrogen-bond acceptors (Lipinski definition) is 4. The normalized spacial score (nSPS) is 28.2. The summed E-state index contributed by atoms with van der Waals surface area (Å²) in [5.41, 5.74) is 1.55. The molecule has 2 heterocycles. The maximum absolute atomic E-state index is 9.50. The van der Waals surface area contributed by atoms with Gasteiger partial charge in [0.1, 0.15) is 0 Å². The van der Waals surface area contributed by atoms with Crippen LogP contribution in [-0.2, 0) is 6.54 Å². The Morgan fingerprint density at radius 2 is 2.11 bits per heavy atom. The van der Waals surface area contributed by atoms with Crippen LogP contribution in [0.2, 0.25) is 0 Å². The number of hydrogen-bond donors (Lipinski definition) is 3. The summed E-state index contributed by atoms with van der Waals surface area (Å²) >= 11 is 0. The Bertz CT molecular complexity index is 441. The molecule has 2 saturated heterocycles. The third-order valence-corrected chi connectivity index (χ3v) is 4.30. The van der Waals surface area contributed by atoms with E-state index < -0.39 is 0 Å². The molecule has 0 bridgehead atoms. The highest BCUT2D eigenvalue weighted by molar-refractivity contribution is 5.40. The molecular weight excluding hydrogens is 228 g/mol. The predicted octanol–water partition coefficient (Wildman–Crippen LogP) is 1.28. The van der Waals surface area contributed by atoms with Crippen molar-refractivity contribution < 1.29 is 10.2 Å². The van der Waals surface area contributed by atoms with Crippen molar-refractivity contribution in [1.82, 2.24) is 10.2 Å². The number of benzene rings is 1. The van der Waals surface area contributed by atoms with Gasteiger partial charge < -0.3 is 15.5 Å². The van der Waals surface area contributed by atoms with Crippen molar-refractivity contribution in [3.8, 4) is 11.5 Å². The minimum Gasteiger partial charge on any atom is -0.504 e. The van der Waals surface area contributed by atoms with E-state index in [1.165, 1.54) is 12.8 Å². The van der Waals surface area contributed by atoms with Crippen molar-refractivity contribution in [3.05, 3.63) is 23.8 Å². The fraction of sp³-hybridized carbons (Fsp3) is 0.571. The molecule has 1 aromatic rings. The van der Waals surface area contributed by atoms with E-state index in [-0.39, 0.29) is 11.5 Å². The van der Waals surface area contributed by atoms with Crippen molar-refractivity contribution in [2.75, 3.05) is 26.2 Å². The molecule has 4 nitrogen and oxygen atoms in total. The minimum atomic E-state index is -0.0448. The molecule has 1 unspecified atom stereocenters. The summed E-state index contributed by atoms with van der Waals surface area (Å²) in [4.78, 5) is 2.44. The highest BCUT2D eigenvalue weighted by Gasteiger charge is 2.39. The van der Waals surface area contributed by atoms with Crippen LogP contribution in [0.5, 0.6) is 11.5 Å². The molecule has 0 radical (unpaired) electrons. The minimum absolute atomic E-state index is 0.0241. The summed E-state index contributed by atoms with van der Waals surface area (Å²) in [7, 11) is 0. The van der Waals surface area contributed by atoms with Gasteiger partial charge in [0.25, 0.3) is 0 Å². The van der Waals surface area contributed by atoms with E-state index in [0.29, 0.717) is 5.41 Å². The third-order valence-electron chi connectivity index (χ3n) is 4.30. The molecule has 3 rings (SSSR count). The van der Waals surface area contributed by atoms with Gasteiger partial charge in [-0.15, -0.1) is 0 Å². The van der Waals surface area contributed by atoms with Crippen LogP contribution in [0.3, 0.4) is 0 Å². The Morgan fingerprint density at radius 3 is 2.83 bits per heavy atom. The van der Waals surface area contributed by atoms with Crippen LogP contribution >= 0.6 is 0 Å². The van der Waals surface area contributed by atoms with E-state index in [1.807, 2.05) is 6.07 Å². The standard InChI is InChI=1S/C14H20N2O2/c17-12-2-1-11(7-13(12)18)8-16-6-4-14(10-16)3-5-15-9-14/h1-2,7,15,17-18H,3-6,8-10H2. The van der Waals surface area contributed by atoms with Crippen molar-refractivity contribution in [2.45, 2.75) is 19.4 Å². The molecule has 0 amide bonds. The summed E-state index contributed by atoms with van der Waals surface area (Å²) in [6.45, 7) is 5.42. The predicted molar refractivity (Wildman–Crippen MR) is 69.6 cm³/mol. The molecule has 2 aliphatic rings. The van der Waals surface area contributed by atoms with Crippen LogP contribution in [0.1, 0.15) is 18.4 Å². The van der Waals surface area contributed by atoms with Crippen LogP contribution in [0.25, 0.3) is 0 Å². The van der Waals surface area contributed by atoms with Gasteiger partial charge in [-0.3, -0.25) is 4.90 Å². The maximum atomic E-state index is 9.50. The molecule has 3 N–H and O–H groups in total. The summed E-state index contributed by atoms with van der Waals surface area (Å²) < 4.78 is 0. The lowest BCUT2D eigenvalue weighted by atomic mass is 9.86. The van der Waals surface area contributed by atoms with Gasteiger partial charge >= 0.3 is 0 Å². The summed E-state index contributed by atoms with van der Waals surface area (Å²) in [6, 6.07) is 5.10. The van der Waals surface area contributed by atoms with E-state index in [1.54, 1.807) is 12.1 Å². The van der Waals surface area contributed by atoms with Gasteiger partial charge in [-0.1, -0.05) is 6.07 Å².